The van der Waals surface area contributed by atoms with Gasteiger partial charge < -0.3 is 10.2 Å². The number of rotatable bonds is 1. The van der Waals surface area contributed by atoms with E-state index in [4.69, 9.17) is 11.6 Å². The molecule has 1 aliphatic heterocycles. The summed E-state index contributed by atoms with van der Waals surface area (Å²) in [4.78, 5) is 13.9. The number of halogens is 2. The molecular weight excluding hydrogens is 255 g/mol. The second-order valence-electron chi connectivity index (χ2n) is 4.80. The summed E-state index contributed by atoms with van der Waals surface area (Å²) in [5, 5.41) is 3.70. The molecule has 1 saturated heterocycles. The summed E-state index contributed by atoms with van der Waals surface area (Å²) in [5.74, 6) is -0.821. The van der Waals surface area contributed by atoms with E-state index in [0.29, 0.717) is 18.1 Å². The van der Waals surface area contributed by atoms with Gasteiger partial charge in [0.05, 0.1) is 5.56 Å². The molecule has 2 rings (SSSR count). The molecule has 0 aromatic heterocycles. The number of benzene rings is 1. The van der Waals surface area contributed by atoms with E-state index < -0.39 is 5.82 Å². The van der Waals surface area contributed by atoms with Crippen LogP contribution in [0.5, 0.6) is 0 Å². The van der Waals surface area contributed by atoms with Gasteiger partial charge in [0.25, 0.3) is 5.91 Å². The molecule has 1 amide bonds. The van der Waals surface area contributed by atoms with Crippen LogP contribution in [0.15, 0.2) is 18.2 Å². The Hall–Kier alpha value is -1.13. The lowest BCUT2D eigenvalue weighted by atomic mass is 10.1. The Morgan fingerprint density at radius 3 is 2.61 bits per heavy atom. The maximum Gasteiger partial charge on any atom is 0.256 e. The Morgan fingerprint density at radius 1 is 1.39 bits per heavy atom. The van der Waals surface area contributed by atoms with Crippen LogP contribution in [-0.4, -0.2) is 36.0 Å². The standard InChI is InChI=1S/C13H16ClFN2O/c1-8-6-17(7-9(2)16-8)13(18)11-5-10(14)3-4-12(11)15/h3-5,8-9,16H,6-7H2,1-2H3. The van der Waals surface area contributed by atoms with Crippen LogP contribution in [-0.2, 0) is 0 Å². The van der Waals surface area contributed by atoms with Gasteiger partial charge in [-0.05, 0) is 32.0 Å². The molecule has 18 heavy (non-hydrogen) atoms. The molecule has 0 spiro atoms. The van der Waals surface area contributed by atoms with Crippen LogP contribution in [0.3, 0.4) is 0 Å². The molecule has 0 bridgehead atoms. The molecule has 1 aromatic carbocycles. The van der Waals surface area contributed by atoms with E-state index in [0.717, 1.165) is 0 Å². The highest BCUT2D eigenvalue weighted by atomic mass is 35.5. The lowest BCUT2D eigenvalue weighted by Gasteiger charge is -2.36. The Labute approximate surface area is 111 Å². The number of amides is 1. The van der Waals surface area contributed by atoms with Crippen LogP contribution in [0, 0.1) is 5.82 Å². The molecule has 1 aliphatic rings. The predicted molar refractivity (Wildman–Crippen MR) is 69.4 cm³/mol. The van der Waals surface area contributed by atoms with Gasteiger partial charge in [0, 0.05) is 30.2 Å². The van der Waals surface area contributed by atoms with Gasteiger partial charge >= 0.3 is 0 Å². The minimum absolute atomic E-state index is 0.0452. The third-order valence-electron chi connectivity index (χ3n) is 3.00. The Bertz CT molecular complexity index is 456. The van der Waals surface area contributed by atoms with Gasteiger partial charge in [-0.2, -0.15) is 0 Å². The zero-order valence-electron chi connectivity index (χ0n) is 10.4. The van der Waals surface area contributed by atoms with Gasteiger partial charge in [0.2, 0.25) is 0 Å². The van der Waals surface area contributed by atoms with Crippen molar-refractivity contribution in [3.05, 3.63) is 34.6 Å². The van der Waals surface area contributed by atoms with Crippen molar-refractivity contribution in [1.29, 1.82) is 0 Å². The molecule has 1 N–H and O–H groups in total. The number of nitrogens with zero attached hydrogens (tertiary/aromatic N) is 1. The molecule has 2 unspecified atom stereocenters. The van der Waals surface area contributed by atoms with Crippen molar-refractivity contribution in [2.75, 3.05) is 13.1 Å². The van der Waals surface area contributed by atoms with Crippen LogP contribution in [0.4, 0.5) is 4.39 Å². The maximum atomic E-state index is 13.6. The van der Waals surface area contributed by atoms with E-state index in [1.807, 2.05) is 13.8 Å². The number of hydrogen-bond donors (Lipinski definition) is 1. The summed E-state index contributed by atoms with van der Waals surface area (Å²) in [6, 6.07) is 4.47. The van der Waals surface area contributed by atoms with Gasteiger partial charge in [-0.25, -0.2) is 4.39 Å². The summed E-state index contributed by atoms with van der Waals surface area (Å²) in [7, 11) is 0. The molecule has 0 aliphatic carbocycles. The van der Waals surface area contributed by atoms with Crippen molar-refractivity contribution >= 4 is 17.5 Å². The van der Waals surface area contributed by atoms with Gasteiger partial charge in [-0.1, -0.05) is 11.6 Å². The molecule has 0 radical (unpaired) electrons. The zero-order valence-corrected chi connectivity index (χ0v) is 11.2. The topological polar surface area (TPSA) is 32.3 Å². The third kappa shape index (κ3) is 2.82. The zero-order chi connectivity index (χ0) is 13.3. The van der Waals surface area contributed by atoms with E-state index in [1.165, 1.54) is 18.2 Å². The van der Waals surface area contributed by atoms with Gasteiger partial charge in [0.15, 0.2) is 0 Å². The summed E-state index contributed by atoms with van der Waals surface area (Å²) in [5.41, 5.74) is 0.0452. The lowest BCUT2D eigenvalue weighted by molar-refractivity contribution is 0.0669. The molecule has 0 saturated carbocycles. The second-order valence-corrected chi connectivity index (χ2v) is 5.24. The molecule has 1 heterocycles. The first-order chi connectivity index (χ1) is 8.47. The summed E-state index contributed by atoms with van der Waals surface area (Å²) in [6.07, 6.45) is 0. The summed E-state index contributed by atoms with van der Waals surface area (Å²) in [6.45, 7) is 5.17. The quantitative estimate of drug-likeness (QED) is 0.849. The number of nitrogens with one attached hydrogen (secondary N) is 1. The predicted octanol–water partition coefficient (Wildman–Crippen LogP) is 2.30. The van der Waals surface area contributed by atoms with Crippen molar-refractivity contribution in [3.63, 3.8) is 0 Å². The SMILES string of the molecule is CC1CN(C(=O)c2cc(Cl)ccc2F)CC(C)N1. The highest BCUT2D eigenvalue weighted by molar-refractivity contribution is 6.31. The van der Waals surface area contributed by atoms with Crippen LogP contribution < -0.4 is 5.32 Å². The van der Waals surface area contributed by atoms with E-state index in [1.54, 1.807) is 4.90 Å². The number of hydrogen-bond acceptors (Lipinski definition) is 2. The molecule has 3 nitrogen and oxygen atoms in total. The minimum atomic E-state index is -0.525. The van der Waals surface area contributed by atoms with E-state index in [-0.39, 0.29) is 23.6 Å². The van der Waals surface area contributed by atoms with E-state index >= 15 is 0 Å². The Morgan fingerprint density at radius 2 is 2.00 bits per heavy atom. The average Bonchev–Trinajstić information content (AvgIpc) is 2.30. The first kappa shape index (κ1) is 13.3. The van der Waals surface area contributed by atoms with Crippen LogP contribution in [0.1, 0.15) is 24.2 Å². The van der Waals surface area contributed by atoms with E-state index in [9.17, 15) is 9.18 Å². The van der Waals surface area contributed by atoms with Crippen molar-refractivity contribution in [2.24, 2.45) is 0 Å². The number of piperazine rings is 1. The smallest absolute Gasteiger partial charge is 0.256 e. The Kier molecular flexibility index (Phi) is 3.88. The normalized spacial score (nSPS) is 24.1. The molecule has 98 valence electrons. The van der Waals surface area contributed by atoms with Gasteiger partial charge in [0.1, 0.15) is 5.82 Å². The first-order valence-electron chi connectivity index (χ1n) is 5.97. The van der Waals surface area contributed by atoms with E-state index in [2.05, 4.69) is 5.32 Å². The molecular formula is C13H16ClFN2O. The highest BCUT2D eigenvalue weighted by Gasteiger charge is 2.27. The van der Waals surface area contributed by atoms with Crippen molar-refractivity contribution in [3.8, 4) is 0 Å². The van der Waals surface area contributed by atoms with Crippen molar-refractivity contribution < 1.29 is 9.18 Å². The summed E-state index contributed by atoms with van der Waals surface area (Å²) < 4.78 is 13.6. The van der Waals surface area contributed by atoms with Gasteiger partial charge in [-0.15, -0.1) is 0 Å². The summed E-state index contributed by atoms with van der Waals surface area (Å²) >= 11 is 5.81. The third-order valence-corrected chi connectivity index (χ3v) is 3.24. The maximum absolute atomic E-state index is 13.6. The highest BCUT2D eigenvalue weighted by Crippen LogP contribution is 2.18. The fraction of sp³-hybridized carbons (Fsp3) is 0.462. The molecule has 5 heteroatoms. The number of carbonyl (C=O) groups is 1. The minimum Gasteiger partial charge on any atom is -0.335 e. The average molecular weight is 271 g/mol. The Balaban J connectivity index is 2.22. The number of carbonyl (C=O) groups excluding carboxylic acids is 1. The van der Waals surface area contributed by atoms with Crippen LogP contribution in [0.25, 0.3) is 0 Å². The fourth-order valence-corrected chi connectivity index (χ4v) is 2.50. The monoisotopic (exact) mass is 270 g/mol. The first-order valence-corrected chi connectivity index (χ1v) is 6.35. The lowest BCUT2D eigenvalue weighted by Crippen LogP contribution is -2.55. The van der Waals surface area contributed by atoms with Crippen molar-refractivity contribution in [1.82, 2.24) is 10.2 Å². The fourth-order valence-electron chi connectivity index (χ4n) is 2.32. The van der Waals surface area contributed by atoms with Crippen LogP contribution in [0.2, 0.25) is 5.02 Å². The molecule has 1 aromatic rings. The largest absolute Gasteiger partial charge is 0.335 e. The van der Waals surface area contributed by atoms with Gasteiger partial charge in [-0.3, -0.25) is 4.79 Å². The molecule has 1 fully saturated rings. The van der Waals surface area contributed by atoms with Crippen LogP contribution >= 0.6 is 11.6 Å². The second kappa shape index (κ2) is 5.24. The molecule has 2 atom stereocenters. The van der Waals surface area contributed by atoms with Crippen molar-refractivity contribution in [2.45, 2.75) is 25.9 Å².